The molecule has 0 unspecified atom stereocenters. The number of carbonyl (C=O) groups excluding carboxylic acids is 1. The van der Waals surface area contributed by atoms with Gasteiger partial charge in [0.05, 0.1) is 0 Å². The molecule has 0 saturated carbocycles. The smallest absolute Gasteiger partial charge is 0.434 e. The minimum absolute atomic E-state index is 0.0151. The number of aliphatic imine (C=N–C) groups is 1. The summed E-state index contributed by atoms with van der Waals surface area (Å²) in [5.74, 6) is -0.0151. The van der Waals surface area contributed by atoms with E-state index in [1.165, 1.54) is 0 Å². The van der Waals surface area contributed by atoms with Crippen LogP contribution in [0.5, 0.6) is 0 Å². The third-order valence-electron chi connectivity index (χ3n) is 2.65. The molecule has 2 amide bonds. The summed E-state index contributed by atoms with van der Waals surface area (Å²) in [5.41, 5.74) is 5.12. The van der Waals surface area contributed by atoms with Gasteiger partial charge in [-0.2, -0.15) is 0 Å². The van der Waals surface area contributed by atoms with Crippen LogP contribution in [-0.2, 0) is 4.74 Å². The number of piperidine rings is 1. The zero-order valence-corrected chi connectivity index (χ0v) is 12.0. The number of nitrogens with one attached hydrogen (secondary N) is 1. The quantitative estimate of drug-likeness (QED) is 0.451. The van der Waals surface area contributed by atoms with Crippen LogP contribution in [-0.4, -0.2) is 52.9 Å². The van der Waals surface area contributed by atoms with Gasteiger partial charge in [0, 0.05) is 19.1 Å². The minimum Gasteiger partial charge on any atom is -0.463 e. The Morgan fingerprint density at radius 1 is 1.35 bits per heavy atom. The number of nitrogens with zero attached hydrogens (tertiary/aromatic N) is 2. The molecule has 0 atom stereocenters. The van der Waals surface area contributed by atoms with Gasteiger partial charge < -0.3 is 20.5 Å². The van der Waals surface area contributed by atoms with Gasteiger partial charge in [-0.15, -0.1) is 4.99 Å². The van der Waals surface area contributed by atoms with Crippen molar-refractivity contribution < 1.29 is 19.4 Å². The van der Waals surface area contributed by atoms with Crippen molar-refractivity contribution in [1.29, 1.82) is 0 Å². The Bertz CT molecular complexity index is 395. The first-order valence-electron chi connectivity index (χ1n) is 6.49. The predicted molar refractivity (Wildman–Crippen MR) is 73.6 cm³/mol. The summed E-state index contributed by atoms with van der Waals surface area (Å²) in [4.78, 5) is 27.5. The Kier molecular flexibility index (Phi) is 5.32. The van der Waals surface area contributed by atoms with E-state index in [0.29, 0.717) is 25.9 Å². The first kappa shape index (κ1) is 16.2. The highest BCUT2D eigenvalue weighted by Gasteiger charge is 2.24. The maximum Gasteiger partial charge on any atom is 0.434 e. The van der Waals surface area contributed by atoms with Gasteiger partial charge in [0.25, 0.3) is 0 Å². The van der Waals surface area contributed by atoms with E-state index in [1.807, 2.05) is 0 Å². The lowest BCUT2D eigenvalue weighted by molar-refractivity contribution is 0.0555. The van der Waals surface area contributed by atoms with Crippen molar-refractivity contribution in [2.45, 2.75) is 45.3 Å². The van der Waals surface area contributed by atoms with Gasteiger partial charge >= 0.3 is 12.2 Å². The molecule has 0 aromatic heterocycles. The fourth-order valence-corrected chi connectivity index (χ4v) is 1.77. The molecule has 20 heavy (non-hydrogen) atoms. The van der Waals surface area contributed by atoms with Gasteiger partial charge in [-0.05, 0) is 33.6 Å². The van der Waals surface area contributed by atoms with Gasteiger partial charge in [-0.25, -0.2) is 9.59 Å². The number of carboxylic acid groups (broad SMARTS) is 1. The fourth-order valence-electron chi connectivity index (χ4n) is 1.77. The number of likely N-dealkylation sites (tertiary alicyclic amines) is 1. The van der Waals surface area contributed by atoms with Crippen LogP contribution in [0.4, 0.5) is 9.59 Å². The summed E-state index contributed by atoms with van der Waals surface area (Å²) in [5, 5.41) is 11.2. The highest BCUT2D eigenvalue weighted by atomic mass is 16.6. The van der Waals surface area contributed by atoms with E-state index < -0.39 is 17.8 Å². The zero-order chi connectivity index (χ0) is 15.3. The molecule has 1 aliphatic rings. The van der Waals surface area contributed by atoms with Gasteiger partial charge in [0.15, 0.2) is 0 Å². The lowest BCUT2D eigenvalue weighted by Crippen LogP contribution is -2.50. The largest absolute Gasteiger partial charge is 0.463 e. The third kappa shape index (κ3) is 5.87. The number of amides is 2. The van der Waals surface area contributed by atoms with Crippen LogP contribution in [0.3, 0.4) is 0 Å². The van der Waals surface area contributed by atoms with Crippen molar-refractivity contribution in [2.75, 3.05) is 13.1 Å². The second-order valence-corrected chi connectivity index (χ2v) is 5.67. The van der Waals surface area contributed by atoms with Crippen molar-refractivity contribution in [3.63, 3.8) is 0 Å². The minimum atomic E-state index is -1.37. The normalized spacial score (nSPS) is 17.8. The van der Waals surface area contributed by atoms with Crippen molar-refractivity contribution in [3.05, 3.63) is 0 Å². The molecule has 0 radical (unpaired) electrons. The molecule has 8 nitrogen and oxygen atoms in total. The topological polar surface area (TPSA) is 117 Å². The van der Waals surface area contributed by atoms with Crippen LogP contribution in [0.25, 0.3) is 0 Å². The number of ether oxygens (including phenoxy) is 1. The molecular formula is C12H22N4O4. The lowest BCUT2D eigenvalue weighted by Gasteiger charge is -2.32. The monoisotopic (exact) mass is 286 g/mol. The van der Waals surface area contributed by atoms with Gasteiger partial charge in [0.1, 0.15) is 5.60 Å². The van der Waals surface area contributed by atoms with Crippen LogP contribution < -0.4 is 11.1 Å². The molecule has 1 saturated heterocycles. The second-order valence-electron chi connectivity index (χ2n) is 5.67. The summed E-state index contributed by atoms with van der Waals surface area (Å²) < 4.78 is 5.09. The second kappa shape index (κ2) is 6.56. The summed E-state index contributed by atoms with van der Waals surface area (Å²) >= 11 is 0. The Labute approximate surface area is 118 Å². The molecule has 1 aliphatic heterocycles. The van der Waals surface area contributed by atoms with E-state index in [-0.39, 0.29) is 12.0 Å². The highest BCUT2D eigenvalue weighted by Crippen LogP contribution is 2.10. The fraction of sp³-hybridized carbons (Fsp3) is 0.750. The van der Waals surface area contributed by atoms with Crippen molar-refractivity contribution in [3.8, 4) is 0 Å². The molecule has 4 N–H and O–H groups in total. The third-order valence-corrected chi connectivity index (χ3v) is 2.65. The summed E-state index contributed by atoms with van der Waals surface area (Å²) in [7, 11) is 0. The number of carbonyl (C=O) groups is 2. The van der Waals surface area contributed by atoms with Crippen molar-refractivity contribution in [1.82, 2.24) is 10.2 Å². The Morgan fingerprint density at radius 2 is 1.90 bits per heavy atom. The van der Waals surface area contributed by atoms with E-state index in [9.17, 15) is 9.59 Å². The van der Waals surface area contributed by atoms with E-state index >= 15 is 0 Å². The predicted octanol–water partition coefficient (Wildman–Crippen LogP) is 0.968. The van der Waals surface area contributed by atoms with Crippen LogP contribution in [0.2, 0.25) is 0 Å². The molecular weight excluding hydrogens is 264 g/mol. The molecule has 0 aliphatic carbocycles. The van der Waals surface area contributed by atoms with Crippen LogP contribution in [0.15, 0.2) is 4.99 Å². The van der Waals surface area contributed by atoms with Crippen LogP contribution >= 0.6 is 0 Å². The van der Waals surface area contributed by atoms with E-state index in [2.05, 4.69) is 10.3 Å². The van der Waals surface area contributed by atoms with Crippen molar-refractivity contribution in [2.24, 2.45) is 10.7 Å². The summed E-state index contributed by atoms with van der Waals surface area (Å²) in [6, 6.07) is 0.0962. The van der Waals surface area contributed by atoms with Crippen molar-refractivity contribution >= 4 is 18.1 Å². The van der Waals surface area contributed by atoms with E-state index in [4.69, 9.17) is 15.6 Å². The zero-order valence-electron chi connectivity index (χ0n) is 12.0. The molecule has 1 heterocycles. The number of guanidine groups is 1. The molecule has 0 bridgehead atoms. The van der Waals surface area contributed by atoms with E-state index in [0.717, 1.165) is 0 Å². The molecule has 114 valence electrons. The molecule has 0 spiro atoms. The van der Waals surface area contributed by atoms with Gasteiger partial charge in [0.2, 0.25) is 5.96 Å². The summed E-state index contributed by atoms with van der Waals surface area (Å²) in [6.07, 6.45) is -0.665. The number of hydrogen-bond donors (Lipinski definition) is 3. The molecule has 0 aromatic carbocycles. The Balaban J connectivity index is 2.71. The van der Waals surface area contributed by atoms with Crippen LogP contribution in [0.1, 0.15) is 33.6 Å². The summed E-state index contributed by atoms with van der Waals surface area (Å²) in [6.45, 7) is 6.26. The average Bonchev–Trinajstić information content (AvgIpc) is 2.25. The molecule has 0 aromatic rings. The van der Waals surface area contributed by atoms with E-state index in [1.54, 1.807) is 25.7 Å². The van der Waals surface area contributed by atoms with Gasteiger partial charge in [-0.3, -0.25) is 5.32 Å². The SMILES string of the molecule is CC(C)(C)OC(=O)N/C(=N/C(=O)O)N1CCC(N)CC1. The molecule has 1 rings (SSSR count). The molecule has 1 fully saturated rings. The average molecular weight is 286 g/mol. The number of alkyl carbamates (subject to hydrolysis) is 1. The standard InChI is InChI=1S/C12H22N4O4/c1-12(2,3)20-11(19)15-9(14-10(17)18)16-6-4-8(13)5-7-16/h8H,4-7,13H2,1-3H3,(H,17,18)(H,14,15,19). The lowest BCUT2D eigenvalue weighted by atomic mass is 10.1. The number of nitrogens with two attached hydrogens (primary N) is 1. The Morgan fingerprint density at radius 3 is 2.35 bits per heavy atom. The number of hydrogen-bond acceptors (Lipinski definition) is 4. The van der Waals surface area contributed by atoms with Crippen LogP contribution in [0, 0.1) is 0 Å². The first-order valence-corrected chi connectivity index (χ1v) is 6.49. The van der Waals surface area contributed by atoms with Gasteiger partial charge in [-0.1, -0.05) is 0 Å². The maximum atomic E-state index is 11.7. The first-order chi connectivity index (χ1) is 9.17. The maximum absolute atomic E-state index is 11.7. The molecule has 8 heteroatoms. The number of rotatable bonds is 0. The Hall–Kier alpha value is -1.83. The highest BCUT2D eigenvalue weighted by molar-refractivity contribution is 5.98.